The van der Waals surface area contributed by atoms with Gasteiger partial charge < -0.3 is 4.74 Å². The van der Waals surface area contributed by atoms with Crippen molar-refractivity contribution in [1.82, 2.24) is 19.6 Å². The maximum Gasteiger partial charge on any atom is 0.228 e. The summed E-state index contributed by atoms with van der Waals surface area (Å²) in [5.41, 5.74) is 3.26. The largest absolute Gasteiger partial charge is 0.442 e. The van der Waals surface area contributed by atoms with Gasteiger partial charge in [0.1, 0.15) is 12.1 Å². The zero-order chi connectivity index (χ0) is 19.4. The minimum atomic E-state index is -0.251. The molecule has 0 fully saturated rings. The summed E-state index contributed by atoms with van der Waals surface area (Å²) in [6, 6.07) is 14.0. The Balaban J connectivity index is 1.63. The molecule has 0 radical (unpaired) electrons. The van der Waals surface area contributed by atoms with Gasteiger partial charge in [-0.3, -0.25) is 4.79 Å². The van der Waals surface area contributed by atoms with E-state index < -0.39 is 0 Å². The summed E-state index contributed by atoms with van der Waals surface area (Å²) < 4.78 is 7.82. The van der Waals surface area contributed by atoms with Crippen LogP contribution >= 0.6 is 11.3 Å². The second kappa shape index (κ2) is 6.35. The van der Waals surface area contributed by atoms with Gasteiger partial charge in [0.25, 0.3) is 0 Å². The molecule has 0 amide bonds. The van der Waals surface area contributed by atoms with Gasteiger partial charge in [-0.15, -0.1) is 16.4 Å². The number of hydrogen-bond acceptors (Lipinski definition) is 6. The molecule has 142 valence electrons. The third-order valence-corrected chi connectivity index (χ3v) is 6.33. The smallest absolute Gasteiger partial charge is 0.228 e. The molecule has 0 spiro atoms. The summed E-state index contributed by atoms with van der Waals surface area (Å²) in [7, 11) is 0. The third kappa shape index (κ3) is 2.54. The van der Waals surface area contributed by atoms with Crippen molar-refractivity contribution in [2.45, 2.75) is 25.2 Å². The summed E-state index contributed by atoms with van der Waals surface area (Å²) in [6.07, 6.45) is 3.75. The van der Waals surface area contributed by atoms with Crippen LogP contribution < -0.4 is 4.74 Å². The molecule has 7 heteroatoms. The number of ketones is 1. The van der Waals surface area contributed by atoms with Gasteiger partial charge >= 0.3 is 0 Å². The summed E-state index contributed by atoms with van der Waals surface area (Å²) in [6.45, 7) is 0. The highest BCUT2D eigenvalue weighted by Gasteiger charge is 2.39. The molecule has 1 aliphatic heterocycles. The summed E-state index contributed by atoms with van der Waals surface area (Å²) in [5, 5.41) is 6.61. The Kier molecular flexibility index (Phi) is 3.64. The SMILES string of the molecule is O=C1CCCC2=C1[C@@H](c1ccccc1)c1c(ncn3nc(-c4cccs4)nc13)O2. The maximum atomic E-state index is 13.0. The van der Waals surface area contributed by atoms with Crippen molar-refractivity contribution in [1.29, 1.82) is 0 Å². The molecule has 6 nitrogen and oxygen atoms in total. The molecule has 0 N–H and O–H groups in total. The molecule has 0 saturated heterocycles. The molecule has 4 heterocycles. The van der Waals surface area contributed by atoms with E-state index in [2.05, 4.69) is 10.1 Å². The number of hydrogen-bond donors (Lipinski definition) is 0. The Morgan fingerprint density at radius 3 is 2.83 bits per heavy atom. The average Bonchev–Trinajstić information content (AvgIpc) is 3.42. The number of ether oxygens (including phenoxy) is 1. The van der Waals surface area contributed by atoms with Gasteiger partial charge in [-0.05, 0) is 23.4 Å². The fourth-order valence-corrected chi connectivity index (χ4v) is 4.86. The van der Waals surface area contributed by atoms with E-state index in [1.807, 2.05) is 47.8 Å². The molecule has 0 saturated carbocycles. The molecule has 4 aromatic rings. The lowest BCUT2D eigenvalue weighted by molar-refractivity contribution is -0.116. The lowest BCUT2D eigenvalue weighted by atomic mass is 9.78. The van der Waals surface area contributed by atoms with Crippen molar-refractivity contribution in [3.63, 3.8) is 0 Å². The van der Waals surface area contributed by atoms with Crippen molar-refractivity contribution >= 4 is 22.8 Å². The first kappa shape index (κ1) is 16.6. The predicted octanol–water partition coefficient (Wildman–Crippen LogP) is 4.38. The maximum absolute atomic E-state index is 13.0. The Labute approximate surface area is 170 Å². The van der Waals surface area contributed by atoms with Crippen molar-refractivity contribution in [2.75, 3.05) is 0 Å². The number of rotatable bonds is 2. The van der Waals surface area contributed by atoms with Gasteiger partial charge in [0.05, 0.1) is 10.4 Å². The van der Waals surface area contributed by atoms with E-state index in [1.165, 1.54) is 0 Å². The van der Waals surface area contributed by atoms with E-state index in [1.54, 1.807) is 22.2 Å². The van der Waals surface area contributed by atoms with Crippen LogP contribution in [-0.4, -0.2) is 25.4 Å². The van der Waals surface area contributed by atoms with Crippen LogP contribution in [0.3, 0.4) is 0 Å². The number of thiophene rings is 1. The number of fused-ring (bicyclic) bond motifs is 3. The van der Waals surface area contributed by atoms with Gasteiger partial charge in [-0.25, -0.2) is 14.5 Å². The third-order valence-electron chi connectivity index (χ3n) is 5.47. The minimum Gasteiger partial charge on any atom is -0.442 e. The zero-order valence-corrected chi connectivity index (χ0v) is 16.2. The molecule has 29 heavy (non-hydrogen) atoms. The fraction of sp³-hybridized carbons (Fsp3) is 0.182. The number of aromatic nitrogens is 4. The number of allylic oxidation sites excluding steroid dienone is 2. The summed E-state index contributed by atoms with van der Waals surface area (Å²) >= 11 is 1.59. The van der Waals surface area contributed by atoms with Gasteiger partial charge in [0.15, 0.2) is 17.3 Å². The van der Waals surface area contributed by atoms with Crippen molar-refractivity contribution in [2.24, 2.45) is 0 Å². The molecule has 0 bridgehead atoms. The van der Waals surface area contributed by atoms with Crippen molar-refractivity contribution < 1.29 is 9.53 Å². The molecule has 2 aliphatic rings. The van der Waals surface area contributed by atoms with Crippen LogP contribution in [0.15, 0.2) is 65.5 Å². The molecule has 6 rings (SSSR count). The number of Topliss-reactive ketones (excluding diaryl/α,β-unsaturated/α-hetero) is 1. The standard InChI is InChI=1S/C22H16N4O2S/c27-14-8-4-9-15-18(14)17(13-6-2-1-3-7-13)19-21-24-20(16-10-5-11-29-16)25-26(21)12-23-22(19)28-15/h1-3,5-7,10-12,17H,4,8-9H2/t17-/m1/s1. The van der Waals surface area contributed by atoms with Gasteiger partial charge in [0, 0.05) is 24.3 Å². The Hall–Kier alpha value is -3.32. The van der Waals surface area contributed by atoms with Crippen LogP contribution in [-0.2, 0) is 4.79 Å². The van der Waals surface area contributed by atoms with Gasteiger partial charge in [0.2, 0.25) is 5.88 Å². The van der Waals surface area contributed by atoms with E-state index >= 15 is 0 Å². The van der Waals surface area contributed by atoms with Crippen LogP contribution in [0.5, 0.6) is 5.88 Å². The zero-order valence-electron chi connectivity index (χ0n) is 15.4. The second-order valence-corrected chi connectivity index (χ2v) is 8.15. The first-order valence-electron chi connectivity index (χ1n) is 9.58. The molecular weight excluding hydrogens is 384 g/mol. The van der Waals surface area contributed by atoms with Crippen LogP contribution in [0.2, 0.25) is 0 Å². The highest BCUT2D eigenvalue weighted by molar-refractivity contribution is 7.13. The number of nitrogens with zero attached hydrogens (tertiary/aromatic N) is 4. The van der Waals surface area contributed by atoms with E-state index in [0.29, 0.717) is 23.8 Å². The van der Waals surface area contributed by atoms with E-state index in [0.717, 1.165) is 40.2 Å². The predicted molar refractivity (Wildman–Crippen MR) is 109 cm³/mol. The number of carbonyl (C=O) groups is 1. The molecule has 1 aliphatic carbocycles. The Morgan fingerprint density at radius 2 is 2.00 bits per heavy atom. The number of benzene rings is 1. The van der Waals surface area contributed by atoms with E-state index in [9.17, 15) is 4.79 Å². The van der Waals surface area contributed by atoms with Crippen LogP contribution in [0.4, 0.5) is 0 Å². The van der Waals surface area contributed by atoms with E-state index in [4.69, 9.17) is 9.72 Å². The summed E-state index contributed by atoms with van der Waals surface area (Å²) in [5.74, 6) is 1.81. The lowest BCUT2D eigenvalue weighted by Gasteiger charge is -2.31. The highest BCUT2D eigenvalue weighted by Crippen LogP contribution is 2.47. The quantitative estimate of drug-likeness (QED) is 0.499. The van der Waals surface area contributed by atoms with Crippen molar-refractivity contribution in [3.8, 4) is 16.6 Å². The normalized spacial score (nSPS) is 18.5. The van der Waals surface area contributed by atoms with Crippen LogP contribution in [0, 0.1) is 0 Å². The Bertz CT molecular complexity index is 1280. The molecule has 3 aromatic heterocycles. The second-order valence-electron chi connectivity index (χ2n) is 7.20. The van der Waals surface area contributed by atoms with Crippen LogP contribution in [0.25, 0.3) is 16.3 Å². The summed E-state index contributed by atoms with van der Waals surface area (Å²) in [4.78, 5) is 23.3. The first-order chi connectivity index (χ1) is 14.3. The highest BCUT2D eigenvalue weighted by atomic mass is 32.1. The van der Waals surface area contributed by atoms with Gasteiger partial charge in [-0.2, -0.15) is 0 Å². The average molecular weight is 400 g/mol. The van der Waals surface area contributed by atoms with Crippen molar-refractivity contribution in [3.05, 3.63) is 76.6 Å². The molecule has 1 aromatic carbocycles. The fourth-order valence-electron chi connectivity index (χ4n) is 4.21. The van der Waals surface area contributed by atoms with Gasteiger partial charge in [-0.1, -0.05) is 36.4 Å². The molecule has 1 atom stereocenters. The van der Waals surface area contributed by atoms with E-state index in [-0.39, 0.29) is 11.7 Å². The monoisotopic (exact) mass is 400 g/mol. The lowest BCUT2D eigenvalue weighted by Crippen LogP contribution is -2.26. The molecular formula is C22H16N4O2S. The number of carbonyl (C=O) groups excluding carboxylic acids is 1. The molecule has 0 unspecified atom stereocenters. The first-order valence-corrected chi connectivity index (χ1v) is 10.5. The topological polar surface area (TPSA) is 69.4 Å². The Morgan fingerprint density at radius 1 is 1.10 bits per heavy atom. The van der Waals surface area contributed by atoms with Crippen LogP contribution in [0.1, 0.15) is 36.3 Å². The minimum absolute atomic E-state index is 0.144.